The van der Waals surface area contributed by atoms with Gasteiger partial charge in [-0.05, 0) is 50.4 Å². The molecule has 0 unspecified atom stereocenters. The van der Waals surface area contributed by atoms with E-state index in [9.17, 15) is 0 Å². The van der Waals surface area contributed by atoms with E-state index in [-0.39, 0.29) is 5.60 Å². The third kappa shape index (κ3) is 2.67. The standard InChI is InChI=1S/C14H18N2O/c1-14(2,3)17-13-12-6-5-11(15-4)9-10(12)7-8-16-13/h5-9,15H,1-4H3. The summed E-state index contributed by atoms with van der Waals surface area (Å²) in [4.78, 5) is 4.31. The molecule has 0 aliphatic heterocycles. The Kier molecular flexibility index (Phi) is 2.92. The summed E-state index contributed by atoms with van der Waals surface area (Å²) in [5.74, 6) is 0.692. The van der Waals surface area contributed by atoms with E-state index in [1.807, 2.05) is 46.0 Å². The molecule has 3 heteroatoms. The molecule has 1 heterocycles. The molecule has 0 aliphatic rings. The SMILES string of the molecule is CNc1ccc2c(OC(C)(C)C)nccc2c1. The number of anilines is 1. The normalized spacial score (nSPS) is 11.5. The van der Waals surface area contributed by atoms with Crippen LogP contribution in [0.2, 0.25) is 0 Å². The molecule has 3 nitrogen and oxygen atoms in total. The molecule has 90 valence electrons. The number of nitrogens with zero attached hydrogens (tertiary/aromatic N) is 1. The molecule has 0 spiro atoms. The molecule has 1 aromatic carbocycles. The fourth-order valence-electron chi connectivity index (χ4n) is 1.68. The van der Waals surface area contributed by atoms with Crippen molar-refractivity contribution in [2.45, 2.75) is 26.4 Å². The monoisotopic (exact) mass is 230 g/mol. The second-order valence-electron chi connectivity index (χ2n) is 5.02. The Morgan fingerprint density at radius 3 is 2.59 bits per heavy atom. The van der Waals surface area contributed by atoms with Crippen LogP contribution in [0.5, 0.6) is 5.88 Å². The molecular formula is C14H18N2O. The Morgan fingerprint density at radius 2 is 1.94 bits per heavy atom. The van der Waals surface area contributed by atoms with E-state index in [1.54, 1.807) is 6.20 Å². The van der Waals surface area contributed by atoms with Crippen LogP contribution in [0.4, 0.5) is 5.69 Å². The molecule has 0 amide bonds. The summed E-state index contributed by atoms with van der Waals surface area (Å²) >= 11 is 0. The molecular weight excluding hydrogens is 212 g/mol. The van der Waals surface area contributed by atoms with Crippen molar-refractivity contribution in [2.24, 2.45) is 0 Å². The van der Waals surface area contributed by atoms with E-state index >= 15 is 0 Å². The van der Waals surface area contributed by atoms with Crippen LogP contribution in [0, 0.1) is 0 Å². The van der Waals surface area contributed by atoms with Gasteiger partial charge in [0.1, 0.15) is 5.60 Å². The smallest absolute Gasteiger partial charge is 0.221 e. The first kappa shape index (κ1) is 11.7. The molecule has 0 atom stereocenters. The quantitative estimate of drug-likeness (QED) is 0.858. The van der Waals surface area contributed by atoms with Gasteiger partial charge in [0.15, 0.2) is 0 Å². The van der Waals surface area contributed by atoms with Gasteiger partial charge >= 0.3 is 0 Å². The highest BCUT2D eigenvalue weighted by atomic mass is 16.5. The van der Waals surface area contributed by atoms with Crippen LogP contribution >= 0.6 is 0 Å². The fourth-order valence-corrected chi connectivity index (χ4v) is 1.68. The van der Waals surface area contributed by atoms with Crippen LogP contribution in [0.15, 0.2) is 30.5 Å². The zero-order valence-corrected chi connectivity index (χ0v) is 10.7. The lowest BCUT2D eigenvalue weighted by atomic mass is 10.1. The minimum atomic E-state index is -0.233. The predicted molar refractivity (Wildman–Crippen MR) is 71.7 cm³/mol. The van der Waals surface area contributed by atoms with Crippen LogP contribution in [0.25, 0.3) is 10.8 Å². The molecule has 0 fully saturated rings. The third-order valence-corrected chi connectivity index (χ3v) is 2.42. The Hall–Kier alpha value is -1.77. The van der Waals surface area contributed by atoms with Crippen LogP contribution < -0.4 is 10.1 Å². The van der Waals surface area contributed by atoms with Crippen molar-refractivity contribution < 1.29 is 4.74 Å². The average Bonchev–Trinajstić information content (AvgIpc) is 2.26. The maximum absolute atomic E-state index is 5.86. The van der Waals surface area contributed by atoms with Gasteiger partial charge < -0.3 is 10.1 Å². The van der Waals surface area contributed by atoms with Crippen molar-refractivity contribution in [3.63, 3.8) is 0 Å². The summed E-state index contributed by atoms with van der Waals surface area (Å²) in [6.45, 7) is 6.07. The van der Waals surface area contributed by atoms with Crippen LogP contribution in [-0.2, 0) is 0 Å². The number of nitrogens with one attached hydrogen (secondary N) is 1. The molecule has 1 N–H and O–H groups in total. The lowest BCUT2D eigenvalue weighted by molar-refractivity contribution is 0.126. The highest BCUT2D eigenvalue weighted by Crippen LogP contribution is 2.27. The lowest BCUT2D eigenvalue weighted by Gasteiger charge is -2.21. The van der Waals surface area contributed by atoms with E-state index in [2.05, 4.69) is 16.4 Å². The van der Waals surface area contributed by atoms with Crippen molar-refractivity contribution in [3.8, 4) is 5.88 Å². The first-order valence-corrected chi connectivity index (χ1v) is 5.75. The molecule has 0 aliphatic carbocycles. The number of aromatic nitrogens is 1. The maximum atomic E-state index is 5.86. The second kappa shape index (κ2) is 4.24. The lowest BCUT2D eigenvalue weighted by Crippen LogP contribution is -2.23. The summed E-state index contributed by atoms with van der Waals surface area (Å²) in [6.07, 6.45) is 1.78. The average molecular weight is 230 g/mol. The van der Waals surface area contributed by atoms with Crippen molar-refractivity contribution in [2.75, 3.05) is 12.4 Å². The number of ether oxygens (including phenoxy) is 1. The van der Waals surface area contributed by atoms with Gasteiger partial charge in [-0.15, -0.1) is 0 Å². The molecule has 0 radical (unpaired) electrons. The van der Waals surface area contributed by atoms with Gasteiger partial charge in [-0.25, -0.2) is 4.98 Å². The molecule has 1 aromatic heterocycles. The third-order valence-electron chi connectivity index (χ3n) is 2.42. The van der Waals surface area contributed by atoms with Crippen molar-refractivity contribution in [1.82, 2.24) is 4.98 Å². The van der Waals surface area contributed by atoms with Crippen molar-refractivity contribution in [3.05, 3.63) is 30.5 Å². The van der Waals surface area contributed by atoms with E-state index in [0.29, 0.717) is 5.88 Å². The molecule has 0 saturated carbocycles. The predicted octanol–water partition coefficient (Wildman–Crippen LogP) is 3.45. The number of benzene rings is 1. The summed E-state index contributed by atoms with van der Waals surface area (Å²) in [5, 5.41) is 5.30. The number of fused-ring (bicyclic) bond motifs is 1. The Balaban J connectivity index is 2.51. The second-order valence-corrected chi connectivity index (χ2v) is 5.02. The molecule has 2 rings (SSSR count). The zero-order valence-electron chi connectivity index (χ0n) is 10.7. The van der Waals surface area contributed by atoms with E-state index < -0.39 is 0 Å². The molecule has 17 heavy (non-hydrogen) atoms. The Morgan fingerprint density at radius 1 is 1.18 bits per heavy atom. The number of pyridine rings is 1. The van der Waals surface area contributed by atoms with E-state index in [0.717, 1.165) is 16.5 Å². The molecule has 0 bridgehead atoms. The first-order valence-electron chi connectivity index (χ1n) is 5.75. The fraction of sp³-hybridized carbons (Fsp3) is 0.357. The van der Waals surface area contributed by atoms with Gasteiger partial charge in [0.2, 0.25) is 5.88 Å². The van der Waals surface area contributed by atoms with Gasteiger partial charge in [-0.1, -0.05) is 0 Å². The number of hydrogen-bond donors (Lipinski definition) is 1. The Labute approximate surface area is 102 Å². The largest absolute Gasteiger partial charge is 0.471 e. The van der Waals surface area contributed by atoms with E-state index in [4.69, 9.17) is 4.74 Å². The van der Waals surface area contributed by atoms with Gasteiger partial charge in [0, 0.05) is 24.3 Å². The highest BCUT2D eigenvalue weighted by molar-refractivity contribution is 5.89. The topological polar surface area (TPSA) is 34.1 Å². The van der Waals surface area contributed by atoms with Crippen molar-refractivity contribution >= 4 is 16.5 Å². The first-order chi connectivity index (χ1) is 7.99. The van der Waals surface area contributed by atoms with Crippen LogP contribution in [-0.4, -0.2) is 17.6 Å². The summed E-state index contributed by atoms with van der Waals surface area (Å²) < 4.78 is 5.86. The van der Waals surface area contributed by atoms with Gasteiger partial charge in [0.25, 0.3) is 0 Å². The summed E-state index contributed by atoms with van der Waals surface area (Å²) in [7, 11) is 1.91. The van der Waals surface area contributed by atoms with Gasteiger partial charge in [-0.2, -0.15) is 0 Å². The van der Waals surface area contributed by atoms with Gasteiger partial charge in [-0.3, -0.25) is 0 Å². The Bertz CT molecular complexity index is 529. The summed E-state index contributed by atoms with van der Waals surface area (Å²) in [6, 6.07) is 8.15. The highest BCUT2D eigenvalue weighted by Gasteiger charge is 2.14. The molecule has 2 aromatic rings. The van der Waals surface area contributed by atoms with Gasteiger partial charge in [0.05, 0.1) is 0 Å². The maximum Gasteiger partial charge on any atom is 0.221 e. The minimum absolute atomic E-state index is 0.233. The molecule has 0 saturated heterocycles. The van der Waals surface area contributed by atoms with Crippen LogP contribution in [0.3, 0.4) is 0 Å². The number of hydrogen-bond acceptors (Lipinski definition) is 3. The zero-order chi connectivity index (χ0) is 12.5. The summed E-state index contributed by atoms with van der Waals surface area (Å²) in [5.41, 5.74) is 0.855. The number of rotatable bonds is 2. The minimum Gasteiger partial charge on any atom is -0.471 e. The van der Waals surface area contributed by atoms with E-state index in [1.165, 1.54) is 0 Å². The van der Waals surface area contributed by atoms with Crippen molar-refractivity contribution in [1.29, 1.82) is 0 Å². The van der Waals surface area contributed by atoms with Crippen LogP contribution in [0.1, 0.15) is 20.8 Å².